The smallest absolute Gasteiger partial charge is 0.322 e. The fraction of sp³-hybridized carbons (Fsp3) is 0.350. The summed E-state index contributed by atoms with van der Waals surface area (Å²) in [5, 5.41) is 3.56. The molecule has 2 amide bonds. The summed E-state index contributed by atoms with van der Waals surface area (Å²) >= 11 is 6.24. The molecular weight excluding hydrogens is 368 g/mol. The highest BCUT2D eigenvalue weighted by Crippen LogP contribution is 2.51. The van der Waals surface area contributed by atoms with Crippen LogP contribution in [0.2, 0.25) is 5.02 Å². The third-order valence-corrected chi connectivity index (χ3v) is 4.82. The molecule has 1 unspecified atom stereocenters. The maximum absolute atomic E-state index is 12.8. The number of amides is 2. The van der Waals surface area contributed by atoms with Crippen LogP contribution in [0.3, 0.4) is 0 Å². The van der Waals surface area contributed by atoms with E-state index in [1.54, 1.807) is 32.3 Å². The van der Waals surface area contributed by atoms with Crippen molar-refractivity contribution < 1.29 is 19.0 Å². The third-order valence-electron chi connectivity index (χ3n) is 4.58. The number of carbonyl (C=O) groups is 1. The molecule has 0 saturated carbocycles. The van der Waals surface area contributed by atoms with E-state index in [9.17, 15) is 4.79 Å². The lowest BCUT2D eigenvalue weighted by Crippen LogP contribution is -2.43. The normalized spacial score (nSPS) is 15.8. The Morgan fingerprint density at radius 3 is 2.44 bits per heavy atom. The average molecular weight is 391 g/mol. The molecule has 2 aromatic carbocycles. The number of methoxy groups -OCH3 is 3. The fourth-order valence-corrected chi connectivity index (χ4v) is 3.71. The molecule has 0 aromatic heterocycles. The zero-order chi connectivity index (χ0) is 19.6. The van der Waals surface area contributed by atoms with E-state index in [1.807, 2.05) is 31.2 Å². The first-order chi connectivity index (χ1) is 13.0. The lowest BCUT2D eigenvalue weighted by molar-refractivity contribution is 0.193. The van der Waals surface area contributed by atoms with Gasteiger partial charge >= 0.3 is 6.03 Å². The molecule has 144 valence electrons. The average Bonchev–Trinajstić information content (AvgIpc) is 2.67. The predicted molar refractivity (Wildman–Crippen MR) is 105 cm³/mol. The van der Waals surface area contributed by atoms with Gasteiger partial charge in [-0.3, -0.25) is 0 Å². The summed E-state index contributed by atoms with van der Waals surface area (Å²) in [6, 6.07) is 8.73. The highest BCUT2D eigenvalue weighted by Gasteiger charge is 2.38. The number of benzene rings is 2. The number of hydrogen-bond acceptors (Lipinski definition) is 4. The molecule has 0 radical (unpaired) electrons. The summed E-state index contributed by atoms with van der Waals surface area (Å²) in [6.45, 7) is 2.61. The van der Waals surface area contributed by atoms with Crippen LogP contribution >= 0.6 is 11.6 Å². The van der Waals surface area contributed by atoms with Gasteiger partial charge in [0.05, 0.1) is 33.1 Å². The number of fused-ring (bicyclic) bond motifs is 1. The molecule has 0 fully saturated rings. The van der Waals surface area contributed by atoms with Crippen LogP contribution in [-0.4, -0.2) is 38.8 Å². The first-order valence-electron chi connectivity index (χ1n) is 8.71. The van der Waals surface area contributed by atoms with Gasteiger partial charge < -0.3 is 24.4 Å². The summed E-state index contributed by atoms with van der Waals surface area (Å²) in [7, 11) is 4.69. The minimum atomic E-state index is -0.359. The molecule has 3 rings (SSSR count). The Kier molecular flexibility index (Phi) is 5.65. The molecule has 1 heterocycles. The number of rotatable bonds is 6. The molecule has 1 N–H and O–H groups in total. The van der Waals surface area contributed by atoms with Crippen molar-refractivity contribution in [1.29, 1.82) is 0 Å². The van der Waals surface area contributed by atoms with Gasteiger partial charge in [0.25, 0.3) is 0 Å². The predicted octanol–water partition coefficient (Wildman–Crippen LogP) is 4.71. The van der Waals surface area contributed by atoms with Crippen molar-refractivity contribution >= 4 is 23.3 Å². The maximum Gasteiger partial charge on any atom is 0.322 e. The number of anilines is 1. The van der Waals surface area contributed by atoms with Gasteiger partial charge in [-0.25, -0.2) is 4.79 Å². The van der Waals surface area contributed by atoms with Crippen molar-refractivity contribution in [3.63, 3.8) is 0 Å². The Labute approximate surface area is 164 Å². The molecule has 0 aliphatic carbocycles. The van der Waals surface area contributed by atoms with Gasteiger partial charge in [-0.2, -0.15) is 0 Å². The Morgan fingerprint density at radius 1 is 1.11 bits per heavy atom. The first kappa shape index (κ1) is 19.2. The molecule has 6 nitrogen and oxygen atoms in total. The van der Waals surface area contributed by atoms with E-state index in [0.717, 1.165) is 17.5 Å². The summed E-state index contributed by atoms with van der Waals surface area (Å²) in [6.07, 6.45) is 0.815. The molecule has 1 aliphatic rings. The van der Waals surface area contributed by atoms with Gasteiger partial charge in [-0.15, -0.1) is 0 Å². The van der Waals surface area contributed by atoms with Gasteiger partial charge in [0.15, 0.2) is 11.5 Å². The SMILES string of the molecule is CCCN1C(=O)Nc2cc(OC)c(OC)c(OC)c2C1c1cccc(Cl)c1. The molecule has 0 saturated heterocycles. The van der Waals surface area contributed by atoms with Gasteiger partial charge in [-0.05, 0) is 24.1 Å². The topological polar surface area (TPSA) is 60.0 Å². The van der Waals surface area contributed by atoms with Crippen molar-refractivity contribution in [3.05, 3.63) is 46.5 Å². The van der Waals surface area contributed by atoms with E-state index in [1.165, 1.54) is 0 Å². The van der Waals surface area contributed by atoms with Crippen molar-refractivity contribution in [1.82, 2.24) is 4.90 Å². The number of hydrogen-bond donors (Lipinski definition) is 1. The van der Waals surface area contributed by atoms with Gasteiger partial charge in [0.2, 0.25) is 5.75 Å². The van der Waals surface area contributed by atoms with E-state index in [-0.39, 0.29) is 12.1 Å². The fourth-order valence-electron chi connectivity index (χ4n) is 3.51. The Morgan fingerprint density at radius 2 is 1.85 bits per heavy atom. The lowest BCUT2D eigenvalue weighted by atomic mass is 9.92. The monoisotopic (exact) mass is 390 g/mol. The molecule has 7 heteroatoms. The number of halogens is 1. The van der Waals surface area contributed by atoms with E-state index in [2.05, 4.69) is 5.32 Å². The number of carbonyl (C=O) groups excluding carboxylic acids is 1. The number of urea groups is 1. The highest BCUT2D eigenvalue weighted by molar-refractivity contribution is 6.30. The molecule has 0 spiro atoms. The minimum absolute atomic E-state index is 0.177. The highest BCUT2D eigenvalue weighted by atomic mass is 35.5. The Hall–Kier alpha value is -2.60. The lowest BCUT2D eigenvalue weighted by Gasteiger charge is -2.39. The van der Waals surface area contributed by atoms with Crippen LogP contribution < -0.4 is 19.5 Å². The number of nitrogens with one attached hydrogen (secondary N) is 1. The summed E-state index contributed by atoms with van der Waals surface area (Å²) < 4.78 is 16.7. The summed E-state index contributed by atoms with van der Waals surface area (Å²) in [5.41, 5.74) is 2.34. The zero-order valence-corrected chi connectivity index (χ0v) is 16.6. The quantitative estimate of drug-likeness (QED) is 0.775. The van der Waals surface area contributed by atoms with E-state index >= 15 is 0 Å². The zero-order valence-electron chi connectivity index (χ0n) is 15.8. The van der Waals surface area contributed by atoms with Crippen molar-refractivity contribution in [2.24, 2.45) is 0 Å². The van der Waals surface area contributed by atoms with Gasteiger partial charge in [0.1, 0.15) is 0 Å². The van der Waals surface area contributed by atoms with Crippen molar-refractivity contribution in [3.8, 4) is 17.2 Å². The summed E-state index contributed by atoms with van der Waals surface area (Å²) in [4.78, 5) is 14.6. The van der Waals surface area contributed by atoms with Crippen molar-refractivity contribution in [2.75, 3.05) is 33.2 Å². The van der Waals surface area contributed by atoms with Crippen LogP contribution in [-0.2, 0) is 0 Å². The second-order valence-corrected chi connectivity index (χ2v) is 6.62. The van der Waals surface area contributed by atoms with E-state index in [0.29, 0.717) is 34.5 Å². The van der Waals surface area contributed by atoms with Crippen LogP contribution in [0.25, 0.3) is 0 Å². The molecule has 2 aromatic rings. The van der Waals surface area contributed by atoms with Crippen molar-refractivity contribution in [2.45, 2.75) is 19.4 Å². The second-order valence-electron chi connectivity index (χ2n) is 6.19. The van der Waals surface area contributed by atoms with Crippen LogP contribution in [0.15, 0.2) is 30.3 Å². The second kappa shape index (κ2) is 7.96. The maximum atomic E-state index is 12.8. The molecule has 27 heavy (non-hydrogen) atoms. The van der Waals surface area contributed by atoms with Gasteiger partial charge in [-0.1, -0.05) is 30.7 Å². The molecular formula is C20H23ClN2O4. The molecule has 0 bridgehead atoms. The largest absolute Gasteiger partial charge is 0.493 e. The minimum Gasteiger partial charge on any atom is -0.493 e. The van der Waals surface area contributed by atoms with Crippen LogP contribution in [0, 0.1) is 0 Å². The van der Waals surface area contributed by atoms with Crippen LogP contribution in [0.4, 0.5) is 10.5 Å². The number of nitrogens with zero attached hydrogens (tertiary/aromatic N) is 1. The van der Waals surface area contributed by atoms with Crippen LogP contribution in [0.1, 0.15) is 30.5 Å². The van der Waals surface area contributed by atoms with Crippen LogP contribution in [0.5, 0.6) is 17.2 Å². The molecule has 1 aliphatic heterocycles. The first-order valence-corrected chi connectivity index (χ1v) is 9.09. The Bertz CT molecular complexity index is 856. The van der Waals surface area contributed by atoms with Gasteiger partial charge in [0, 0.05) is 23.2 Å². The third kappa shape index (κ3) is 3.37. The standard InChI is InChI=1S/C20H23ClN2O4/c1-5-9-23-17(12-7-6-8-13(21)10-12)16-14(22-20(23)24)11-15(25-2)18(26-3)19(16)27-4/h6-8,10-11,17H,5,9H2,1-4H3,(H,22,24). The number of ether oxygens (including phenoxy) is 3. The molecule has 1 atom stereocenters. The van der Waals surface area contributed by atoms with E-state index < -0.39 is 0 Å². The summed E-state index contributed by atoms with van der Waals surface area (Å²) in [5.74, 6) is 1.50. The van der Waals surface area contributed by atoms with E-state index in [4.69, 9.17) is 25.8 Å². The Balaban J connectivity index is 2.31.